The average molecular weight is 288 g/mol. The summed E-state index contributed by atoms with van der Waals surface area (Å²) in [6, 6.07) is -1.48. The number of carboxylic acids is 2. The molecule has 0 heterocycles. The highest BCUT2D eigenvalue weighted by molar-refractivity contribution is 5.82. The third-order valence-corrected chi connectivity index (χ3v) is 2.73. The van der Waals surface area contributed by atoms with Gasteiger partial charge in [-0.05, 0) is 25.7 Å². The van der Waals surface area contributed by atoms with Gasteiger partial charge in [0.25, 0.3) is 0 Å². The van der Waals surface area contributed by atoms with Crippen LogP contribution >= 0.6 is 0 Å². The van der Waals surface area contributed by atoms with Gasteiger partial charge in [0.2, 0.25) is 0 Å². The zero-order chi connectivity index (χ0) is 15.7. The number of nitrogens with zero attached hydrogens (tertiary/aromatic N) is 1. The van der Waals surface area contributed by atoms with E-state index in [1.807, 2.05) is 20.8 Å². The Balaban J connectivity index is 4.45. The monoisotopic (exact) mass is 288 g/mol. The van der Waals surface area contributed by atoms with E-state index in [1.54, 1.807) is 0 Å². The summed E-state index contributed by atoms with van der Waals surface area (Å²) < 4.78 is 0. The molecule has 116 valence electrons. The van der Waals surface area contributed by atoms with Crippen LogP contribution in [-0.2, 0) is 9.59 Å². The molecule has 0 aliphatic heterocycles. The molecule has 7 nitrogen and oxygen atoms in total. The molecule has 0 unspecified atom stereocenters. The second-order valence-corrected chi connectivity index (χ2v) is 5.06. The van der Waals surface area contributed by atoms with Crippen LogP contribution < -0.4 is 5.32 Å². The Hall–Kier alpha value is -1.79. The normalized spacial score (nSPS) is 12.0. The van der Waals surface area contributed by atoms with Gasteiger partial charge >= 0.3 is 18.0 Å². The molecule has 0 aromatic rings. The Bertz CT molecular complexity index is 344. The van der Waals surface area contributed by atoms with Crippen molar-refractivity contribution in [1.29, 1.82) is 0 Å². The highest BCUT2D eigenvalue weighted by atomic mass is 16.4. The number of nitrogens with one attached hydrogen (secondary N) is 1. The van der Waals surface area contributed by atoms with Crippen LogP contribution in [0.3, 0.4) is 0 Å². The van der Waals surface area contributed by atoms with Crippen LogP contribution in [0.2, 0.25) is 0 Å². The zero-order valence-corrected chi connectivity index (χ0v) is 12.3. The molecule has 7 heteroatoms. The predicted octanol–water partition coefficient (Wildman–Crippen LogP) is 1.38. The quantitative estimate of drug-likeness (QED) is 0.594. The summed E-state index contributed by atoms with van der Waals surface area (Å²) in [5, 5.41) is 20.0. The Morgan fingerprint density at radius 1 is 1.20 bits per heavy atom. The fourth-order valence-electron chi connectivity index (χ4n) is 1.75. The molecule has 0 aliphatic rings. The third-order valence-electron chi connectivity index (χ3n) is 2.73. The summed E-state index contributed by atoms with van der Waals surface area (Å²) in [6.45, 7) is 6.80. The second kappa shape index (κ2) is 9.17. The van der Waals surface area contributed by atoms with Crippen LogP contribution in [0.5, 0.6) is 0 Å². The van der Waals surface area contributed by atoms with Gasteiger partial charge in [-0.15, -0.1) is 0 Å². The van der Waals surface area contributed by atoms with Crippen molar-refractivity contribution in [2.24, 2.45) is 5.92 Å². The minimum absolute atomic E-state index is 0.104. The molecule has 0 aliphatic carbocycles. The summed E-state index contributed by atoms with van der Waals surface area (Å²) in [5.41, 5.74) is 0. The van der Waals surface area contributed by atoms with Crippen molar-refractivity contribution in [3.63, 3.8) is 0 Å². The molecular formula is C13H24N2O5. The molecule has 0 saturated carbocycles. The van der Waals surface area contributed by atoms with E-state index >= 15 is 0 Å². The summed E-state index contributed by atoms with van der Waals surface area (Å²) in [6.07, 6.45) is 0.207. The molecule has 2 amide bonds. The zero-order valence-electron chi connectivity index (χ0n) is 12.3. The molecule has 0 spiro atoms. The van der Waals surface area contributed by atoms with Crippen LogP contribution in [0.15, 0.2) is 0 Å². The van der Waals surface area contributed by atoms with E-state index in [4.69, 9.17) is 10.2 Å². The minimum atomic E-state index is -1.15. The van der Waals surface area contributed by atoms with Gasteiger partial charge in [0.15, 0.2) is 0 Å². The maximum atomic E-state index is 12.0. The van der Waals surface area contributed by atoms with E-state index in [9.17, 15) is 14.4 Å². The molecule has 0 saturated heterocycles. The molecule has 0 fully saturated rings. The maximum Gasteiger partial charge on any atom is 0.326 e. The van der Waals surface area contributed by atoms with Crippen molar-refractivity contribution in [3.8, 4) is 0 Å². The predicted molar refractivity (Wildman–Crippen MR) is 73.5 cm³/mol. The highest BCUT2D eigenvalue weighted by Crippen LogP contribution is 2.04. The number of amides is 2. The Morgan fingerprint density at radius 3 is 2.20 bits per heavy atom. The van der Waals surface area contributed by atoms with Gasteiger partial charge < -0.3 is 20.4 Å². The Labute approximate surface area is 119 Å². The first-order valence-electron chi connectivity index (χ1n) is 6.77. The number of aliphatic carboxylic acids is 2. The van der Waals surface area contributed by atoms with E-state index in [1.165, 1.54) is 4.90 Å². The van der Waals surface area contributed by atoms with Crippen LogP contribution in [0.25, 0.3) is 0 Å². The Morgan fingerprint density at radius 2 is 1.80 bits per heavy atom. The summed E-state index contributed by atoms with van der Waals surface area (Å²) in [4.78, 5) is 35.0. The minimum Gasteiger partial charge on any atom is -0.481 e. The van der Waals surface area contributed by atoms with Crippen molar-refractivity contribution >= 4 is 18.0 Å². The van der Waals surface area contributed by atoms with Crippen molar-refractivity contribution in [2.45, 2.75) is 46.1 Å². The largest absolute Gasteiger partial charge is 0.481 e. The van der Waals surface area contributed by atoms with Gasteiger partial charge in [0, 0.05) is 19.5 Å². The highest BCUT2D eigenvalue weighted by Gasteiger charge is 2.22. The number of hydrogen-bond donors (Lipinski definition) is 3. The first-order valence-corrected chi connectivity index (χ1v) is 6.77. The van der Waals surface area contributed by atoms with Crippen LogP contribution in [0.1, 0.15) is 40.0 Å². The lowest BCUT2D eigenvalue weighted by atomic mass is 10.1. The van der Waals surface area contributed by atoms with E-state index in [0.717, 1.165) is 0 Å². The van der Waals surface area contributed by atoms with Gasteiger partial charge in [-0.2, -0.15) is 0 Å². The van der Waals surface area contributed by atoms with Gasteiger partial charge in [0.1, 0.15) is 6.04 Å². The maximum absolute atomic E-state index is 12.0. The lowest BCUT2D eigenvalue weighted by Gasteiger charge is -2.25. The topological polar surface area (TPSA) is 107 Å². The first kappa shape index (κ1) is 18.2. The standard InChI is InChI=1S/C13H24N2O5/c1-4-15(8-9(2)3)13(20)14-10(12(18)19)6-5-7-11(16)17/h9-10H,4-8H2,1-3H3,(H,14,20)(H,16,17)(H,18,19)/t10-/m1/s1. The molecular weight excluding hydrogens is 264 g/mol. The molecule has 0 aromatic carbocycles. The second-order valence-electron chi connectivity index (χ2n) is 5.06. The van der Waals surface area contributed by atoms with Gasteiger partial charge in [0.05, 0.1) is 0 Å². The number of carboxylic acid groups (broad SMARTS) is 2. The smallest absolute Gasteiger partial charge is 0.326 e. The molecule has 20 heavy (non-hydrogen) atoms. The number of carbonyl (C=O) groups excluding carboxylic acids is 1. The van der Waals surface area contributed by atoms with E-state index < -0.39 is 24.0 Å². The van der Waals surface area contributed by atoms with Crippen molar-refractivity contribution in [1.82, 2.24) is 10.2 Å². The first-order chi connectivity index (χ1) is 9.27. The molecule has 1 atom stereocenters. The average Bonchev–Trinajstić information content (AvgIpc) is 2.33. The molecule has 0 aromatic heterocycles. The van der Waals surface area contributed by atoms with Crippen molar-refractivity contribution < 1.29 is 24.6 Å². The molecule has 0 bridgehead atoms. The number of carbonyl (C=O) groups is 3. The fraction of sp³-hybridized carbons (Fsp3) is 0.769. The van der Waals surface area contributed by atoms with Gasteiger partial charge in [-0.1, -0.05) is 13.8 Å². The van der Waals surface area contributed by atoms with Gasteiger partial charge in [-0.3, -0.25) is 4.79 Å². The van der Waals surface area contributed by atoms with E-state index in [2.05, 4.69) is 5.32 Å². The number of rotatable bonds is 9. The summed E-state index contributed by atoms with van der Waals surface area (Å²) >= 11 is 0. The summed E-state index contributed by atoms with van der Waals surface area (Å²) in [7, 11) is 0. The molecule has 0 rings (SSSR count). The lowest BCUT2D eigenvalue weighted by Crippen LogP contribution is -2.48. The van der Waals surface area contributed by atoms with Crippen LogP contribution in [0, 0.1) is 5.92 Å². The number of urea groups is 1. The van der Waals surface area contributed by atoms with E-state index in [-0.39, 0.29) is 25.2 Å². The number of hydrogen-bond acceptors (Lipinski definition) is 3. The van der Waals surface area contributed by atoms with E-state index in [0.29, 0.717) is 13.1 Å². The van der Waals surface area contributed by atoms with Gasteiger partial charge in [-0.25, -0.2) is 9.59 Å². The third kappa shape index (κ3) is 7.60. The molecule has 3 N–H and O–H groups in total. The fourth-order valence-corrected chi connectivity index (χ4v) is 1.75. The van der Waals surface area contributed by atoms with Crippen LogP contribution in [-0.4, -0.2) is 52.2 Å². The van der Waals surface area contributed by atoms with Crippen molar-refractivity contribution in [3.05, 3.63) is 0 Å². The summed E-state index contributed by atoms with van der Waals surface area (Å²) in [5.74, 6) is -1.84. The Kier molecular flexibility index (Phi) is 8.35. The SMILES string of the molecule is CCN(CC(C)C)C(=O)N[C@H](CCCC(=O)O)C(=O)O. The van der Waals surface area contributed by atoms with Crippen LogP contribution in [0.4, 0.5) is 4.79 Å². The lowest BCUT2D eigenvalue weighted by molar-refractivity contribution is -0.140. The van der Waals surface area contributed by atoms with Crippen molar-refractivity contribution in [2.75, 3.05) is 13.1 Å². The molecule has 0 radical (unpaired) electrons.